The summed E-state index contributed by atoms with van der Waals surface area (Å²) in [6.07, 6.45) is 5.60. The zero-order valence-electron chi connectivity index (χ0n) is 15.1. The highest BCUT2D eigenvalue weighted by Crippen LogP contribution is 2.49. The van der Waals surface area contributed by atoms with Crippen molar-refractivity contribution >= 4 is 21.6 Å². The molecule has 2 bridgehead atoms. The van der Waals surface area contributed by atoms with Crippen LogP contribution in [0.4, 0.5) is 5.69 Å². The minimum atomic E-state index is -3.51. The average molecular weight is 365 g/mol. The van der Waals surface area contributed by atoms with Crippen LogP contribution in [-0.2, 0) is 14.8 Å². The number of nitrogens with one attached hydrogen (secondary N) is 1. The van der Waals surface area contributed by atoms with Crippen molar-refractivity contribution in [1.29, 1.82) is 0 Å². The second-order valence-corrected chi connectivity index (χ2v) is 9.24. The van der Waals surface area contributed by atoms with Gasteiger partial charge in [0.1, 0.15) is 0 Å². The van der Waals surface area contributed by atoms with E-state index in [0.29, 0.717) is 37.0 Å². The third kappa shape index (κ3) is 3.90. The maximum absolute atomic E-state index is 12.6. The van der Waals surface area contributed by atoms with Gasteiger partial charge in [-0.1, -0.05) is 26.3 Å². The Balaban J connectivity index is 1.66. The molecule has 138 valence electrons. The Morgan fingerprint density at radius 3 is 2.56 bits per heavy atom. The molecule has 0 saturated heterocycles. The number of hydrogen-bond acceptors (Lipinski definition) is 3. The van der Waals surface area contributed by atoms with Crippen molar-refractivity contribution in [3.05, 3.63) is 24.3 Å². The molecule has 2 aliphatic rings. The van der Waals surface area contributed by atoms with E-state index in [0.717, 1.165) is 5.92 Å². The standard InChI is InChI=1S/C19H28N2O3S/c1-3-21(4-2)25(23,24)18-7-5-6-17(13-18)20-19(22)12-16-11-14-8-9-15(16)10-14/h5-7,13-16H,3-4,8-12H2,1-2H3,(H,20,22)/t14-,15-,16-/m0/s1. The van der Waals surface area contributed by atoms with E-state index in [1.807, 2.05) is 13.8 Å². The Morgan fingerprint density at radius 1 is 1.20 bits per heavy atom. The summed E-state index contributed by atoms with van der Waals surface area (Å²) in [4.78, 5) is 12.6. The van der Waals surface area contributed by atoms with Crippen LogP contribution in [0, 0.1) is 17.8 Å². The van der Waals surface area contributed by atoms with Gasteiger partial charge in [-0.15, -0.1) is 0 Å². The largest absolute Gasteiger partial charge is 0.326 e. The topological polar surface area (TPSA) is 66.5 Å². The highest BCUT2D eigenvalue weighted by atomic mass is 32.2. The van der Waals surface area contributed by atoms with Gasteiger partial charge in [-0.3, -0.25) is 4.79 Å². The highest BCUT2D eigenvalue weighted by Gasteiger charge is 2.40. The minimum Gasteiger partial charge on any atom is -0.326 e. The third-order valence-electron chi connectivity index (χ3n) is 5.79. The lowest BCUT2D eigenvalue weighted by molar-refractivity contribution is -0.117. The lowest BCUT2D eigenvalue weighted by atomic mass is 9.86. The number of amides is 1. The van der Waals surface area contributed by atoms with E-state index in [9.17, 15) is 13.2 Å². The summed E-state index contributed by atoms with van der Waals surface area (Å²) in [5.41, 5.74) is 0.557. The van der Waals surface area contributed by atoms with Crippen LogP contribution in [0.2, 0.25) is 0 Å². The van der Waals surface area contributed by atoms with Crippen LogP contribution in [0.3, 0.4) is 0 Å². The van der Waals surface area contributed by atoms with Gasteiger partial charge in [0.15, 0.2) is 0 Å². The molecule has 2 fully saturated rings. The normalized spacial score (nSPS) is 25.5. The van der Waals surface area contributed by atoms with Crippen LogP contribution in [0.5, 0.6) is 0 Å². The van der Waals surface area contributed by atoms with Crippen molar-refractivity contribution in [1.82, 2.24) is 4.31 Å². The van der Waals surface area contributed by atoms with Crippen LogP contribution in [0.15, 0.2) is 29.2 Å². The number of fused-ring (bicyclic) bond motifs is 2. The van der Waals surface area contributed by atoms with E-state index >= 15 is 0 Å². The lowest BCUT2D eigenvalue weighted by Gasteiger charge is -2.21. The van der Waals surface area contributed by atoms with Crippen LogP contribution < -0.4 is 5.32 Å². The highest BCUT2D eigenvalue weighted by molar-refractivity contribution is 7.89. The number of hydrogen-bond donors (Lipinski definition) is 1. The number of sulfonamides is 1. The maximum Gasteiger partial charge on any atom is 0.243 e. The second kappa shape index (κ2) is 7.46. The molecule has 1 aromatic carbocycles. The fraction of sp³-hybridized carbons (Fsp3) is 0.632. The number of anilines is 1. The summed E-state index contributed by atoms with van der Waals surface area (Å²) in [5.74, 6) is 2.03. The molecule has 3 atom stereocenters. The van der Waals surface area contributed by atoms with Gasteiger partial charge in [0.2, 0.25) is 15.9 Å². The van der Waals surface area contributed by atoms with Crippen molar-refractivity contribution in [3.8, 4) is 0 Å². The first kappa shape index (κ1) is 18.4. The molecule has 0 aromatic heterocycles. The first-order chi connectivity index (χ1) is 11.9. The monoisotopic (exact) mass is 364 g/mol. The minimum absolute atomic E-state index is 0.00469. The molecule has 0 heterocycles. The van der Waals surface area contributed by atoms with Gasteiger partial charge in [0.25, 0.3) is 0 Å². The van der Waals surface area contributed by atoms with Gasteiger partial charge < -0.3 is 5.32 Å². The Bertz CT molecular complexity index is 728. The van der Waals surface area contributed by atoms with E-state index in [4.69, 9.17) is 0 Å². The summed E-state index contributed by atoms with van der Waals surface area (Å²) >= 11 is 0. The molecular weight excluding hydrogens is 336 g/mol. The third-order valence-corrected chi connectivity index (χ3v) is 7.84. The average Bonchev–Trinajstić information content (AvgIpc) is 3.18. The van der Waals surface area contributed by atoms with Crippen LogP contribution in [0.25, 0.3) is 0 Å². The lowest BCUT2D eigenvalue weighted by Crippen LogP contribution is -2.30. The SMILES string of the molecule is CCN(CC)S(=O)(=O)c1cccc(NC(=O)C[C@@H]2C[C@H]3CC[C@H]2C3)c1. The first-order valence-corrected chi connectivity index (χ1v) is 10.8. The van der Waals surface area contributed by atoms with Crippen molar-refractivity contribution in [2.24, 2.45) is 17.8 Å². The van der Waals surface area contributed by atoms with Crippen LogP contribution in [-0.4, -0.2) is 31.7 Å². The maximum atomic E-state index is 12.6. The molecule has 1 aromatic rings. The Hall–Kier alpha value is -1.40. The number of carbonyl (C=O) groups is 1. The molecule has 1 amide bonds. The molecule has 0 aliphatic heterocycles. The zero-order valence-corrected chi connectivity index (χ0v) is 15.9. The Kier molecular flexibility index (Phi) is 5.49. The van der Waals surface area contributed by atoms with Crippen LogP contribution >= 0.6 is 0 Å². The Morgan fingerprint density at radius 2 is 1.96 bits per heavy atom. The molecule has 5 nitrogen and oxygen atoms in total. The molecule has 2 aliphatic carbocycles. The summed E-state index contributed by atoms with van der Waals surface area (Å²) in [7, 11) is -3.51. The molecule has 2 saturated carbocycles. The van der Waals surface area contributed by atoms with E-state index in [-0.39, 0.29) is 10.8 Å². The van der Waals surface area contributed by atoms with Gasteiger partial charge >= 0.3 is 0 Å². The van der Waals surface area contributed by atoms with Gasteiger partial charge in [-0.25, -0.2) is 8.42 Å². The van der Waals surface area contributed by atoms with Gasteiger partial charge in [-0.2, -0.15) is 4.31 Å². The number of benzene rings is 1. The molecule has 6 heteroatoms. The zero-order chi connectivity index (χ0) is 18.0. The van der Waals surface area contributed by atoms with Gasteiger partial charge in [-0.05, 0) is 55.2 Å². The van der Waals surface area contributed by atoms with Gasteiger partial charge in [0, 0.05) is 25.2 Å². The van der Waals surface area contributed by atoms with Crippen molar-refractivity contribution < 1.29 is 13.2 Å². The number of carbonyl (C=O) groups excluding carboxylic acids is 1. The Labute approximate surface area is 150 Å². The molecular formula is C19H28N2O3S. The predicted octanol–water partition coefficient (Wildman–Crippen LogP) is 3.48. The summed E-state index contributed by atoms with van der Waals surface area (Å²) in [6, 6.07) is 6.58. The van der Waals surface area contributed by atoms with E-state index in [2.05, 4.69) is 5.32 Å². The summed E-state index contributed by atoms with van der Waals surface area (Å²) in [6.45, 7) is 4.50. The number of rotatable bonds is 7. The smallest absolute Gasteiger partial charge is 0.243 e. The van der Waals surface area contributed by atoms with Crippen molar-refractivity contribution in [2.75, 3.05) is 18.4 Å². The predicted molar refractivity (Wildman–Crippen MR) is 98.7 cm³/mol. The molecule has 0 unspecified atom stereocenters. The second-order valence-electron chi connectivity index (χ2n) is 7.30. The quantitative estimate of drug-likeness (QED) is 0.805. The van der Waals surface area contributed by atoms with Gasteiger partial charge in [0.05, 0.1) is 4.90 Å². The van der Waals surface area contributed by atoms with E-state index < -0.39 is 10.0 Å². The molecule has 3 rings (SSSR count). The fourth-order valence-corrected chi connectivity index (χ4v) is 6.03. The summed E-state index contributed by atoms with van der Waals surface area (Å²) in [5, 5.41) is 2.89. The summed E-state index contributed by atoms with van der Waals surface area (Å²) < 4.78 is 26.6. The first-order valence-electron chi connectivity index (χ1n) is 9.34. The molecule has 0 radical (unpaired) electrons. The van der Waals surface area contributed by atoms with E-state index in [1.54, 1.807) is 24.3 Å². The van der Waals surface area contributed by atoms with Crippen LogP contribution in [0.1, 0.15) is 46.0 Å². The van der Waals surface area contributed by atoms with Crippen molar-refractivity contribution in [3.63, 3.8) is 0 Å². The molecule has 1 N–H and O–H groups in total. The van der Waals surface area contributed by atoms with E-state index in [1.165, 1.54) is 30.0 Å². The molecule has 0 spiro atoms. The number of nitrogens with zero attached hydrogens (tertiary/aromatic N) is 1. The van der Waals surface area contributed by atoms with Crippen molar-refractivity contribution in [2.45, 2.75) is 50.8 Å². The fourth-order valence-electron chi connectivity index (χ4n) is 4.52. The molecule has 25 heavy (non-hydrogen) atoms.